The Balaban J connectivity index is 1.40. The van der Waals surface area contributed by atoms with E-state index in [1.54, 1.807) is 12.3 Å². The van der Waals surface area contributed by atoms with Gasteiger partial charge in [-0.15, -0.1) is 10.2 Å². The average molecular weight is 383 g/mol. The minimum absolute atomic E-state index is 0.0564. The van der Waals surface area contributed by atoms with E-state index in [0.29, 0.717) is 11.1 Å². The Morgan fingerprint density at radius 3 is 2.96 bits per heavy atom. The van der Waals surface area contributed by atoms with Gasteiger partial charge in [0.2, 0.25) is 5.91 Å². The summed E-state index contributed by atoms with van der Waals surface area (Å²) in [6.07, 6.45) is 4.77. The predicted molar refractivity (Wildman–Crippen MR) is 102 cm³/mol. The van der Waals surface area contributed by atoms with Crippen LogP contribution in [0.1, 0.15) is 35.8 Å². The van der Waals surface area contributed by atoms with Crippen LogP contribution in [0, 0.1) is 6.92 Å². The number of furan rings is 1. The number of hydrogen-bond acceptors (Lipinski definition) is 6. The van der Waals surface area contributed by atoms with Gasteiger partial charge < -0.3 is 13.7 Å². The number of nitrogens with zero attached hydrogens (tertiary/aromatic N) is 3. The van der Waals surface area contributed by atoms with E-state index in [4.69, 9.17) is 8.83 Å². The normalized spacial score (nSPS) is 16.1. The summed E-state index contributed by atoms with van der Waals surface area (Å²) in [5.74, 6) is 1.45. The molecule has 0 saturated heterocycles. The monoisotopic (exact) mass is 383 g/mol. The lowest BCUT2D eigenvalue weighted by Crippen LogP contribution is -2.34. The molecule has 3 aromatic rings. The van der Waals surface area contributed by atoms with Crippen LogP contribution < -0.4 is 0 Å². The summed E-state index contributed by atoms with van der Waals surface area (Å²) in [5.41, 5.74) is 3.38. The Hall–Kier alpha value is -2.54. The molecule has 0 N–H and O–H groups in total. The Kier molecular flexibility index (Phi) is 5.03. The van der Waals surface area contributed by atoms with Crippen molar-refractivity contribution in [3.8, 4) is 11.5 Å². The highest BCUT2D eigenvalue weighted by molar-refractivity contribution is 7.99. The Morgan fingerprint density at radius 2 is 2.15 bits per heavy atom. The summed E-state index contributed by atoms with van der Waals surface area (Å²) in [5, 5.41) is 8.45. The molecule has 1 aliphatic carbocycles. The molecular weight excluding hydrogens is 362 g/mol. The molecule has 0 aliphatic heterocycles. The summed E-state index contributed by atoms with van der Waals surface area (Å²) in [4.78, 5) is 14.6. The minimum atomic E-state index is 0.0564. The van der Waals surface area contributed by atoms with E-state index in [1.165, 1.54) is 22.9 Å². The van der Waals surface area contributed by atoms with E-state index in [-0.39, 0.29) is 17.7 Å². The highest BCUT2D eigenvalue weighted by atomic mass is 32.2. The van der Waals surface area contributed by atoms with E-state index >= 15 is 0 Å². The van der Waals surface area contributed by atoms with Crippen LogP contribution in [-0.2, 0) is 11.2 Å². The number of aryl methyl sites for hydroxylation is 2. The molecule has 0 fully saturated rings. The van der Waals surface area contributed by atoms with Crippen LogP contribution in [0.4, 0.5) is 0 Å². The van der Waals surface area contributed by atoms with Crippen molar-refractivity contribution in [3.63, 3.8) is 0 Å². The lowest BCUT2D eigenvalue weighted by Gasteiger charge is -2.33. The highest BCUT2D eigenvalue weighted by Gasteiger charge is 2.26. The maximum Gasteiger partial charge on any atom is 0.277 e. The third-order valence-electron chi connectivity index (χ3n) is 5.01. The van der Waals surface area contributed by atoms with Gasteiger partial charge in [0.25, 0.3) is 11.1 Å². The van der Waals surface area contributed by atoms with E-state index < -0.39 is 0 Å². The van der Waals surface area contributed by atoms with Crippen molar-refractivity contribution in [1.82, 2.24) is 15.1 Å². The van der Waals surface area contributed by atoms with Crippen molar-refractivity contribution in [2.75, 3.05) is 12.8 Å². The number of thioether (sulfide) groups is 1. The van der Waals surface area contributed by atoms with E-state index in [2.05, 4.69) is 28.4 Å². The molecule has 4 rings (SSSR count). The number of fused-ring (bicyclic) bond motifs is 1. The molecule has 1 aromatic carbocycles. The molecule has 2 aromatic heterocycles. The van der Waals surface area contributed by atoms with Gasteiger partial charge in [0.05, 0.1) is 23.6 Å². The van der Waals surface area contributed by atoms with Crippen LogP contribution in [0.3, 0.4) is 0 Å². The third-order valence-corrected chi connectivity index (χ3v) is 5.82. The van der Waals surface area contributed by atoms with E-state index in [9.17, 15) is 4.79 Å². The Bertz CT molecular complexity index is 949. The fourth-order valence-corrected chi connectivity index (χ4v) is 4.20. The first-order chi connectivity index (χ1) is 13.1. The zero-order valence-electron chi connectivity index (χ0n) is 15.3. The maximum atomic E-state index is 12.7. The lowest BCUT2D eigenvalue weighted by molar-refractivity contribution is -0.129. The second kappa shape index (κ2) is 7.60. The number of aromatic nitrogens is 2. The largest absolute Gasteiger partial charge is 0.469 e. The number of carbonyl (C=O) groups is 1. The molecule has 6 nitrogen and oxygen atoms in total. The first-order valence-electron chi connectivity index (χ1n) is 8.97. The molecule has 1 atom stereocenters. The number of rotatable bonds is 5. The molecule has 27 heavy (non-hydrogen) atoms. The summed E-state index contributed by atoms with van der Waals surface area (Å²) in [7, 11) is 1.88. The molecule has 140 valence electrons. The van der Waals surface area contributed by atoms with Crippen LogP contribution >= 0.6 is 11.8 Å². The maximum absolute atomic E-state index is 12.7. The van der Waals surface area contributed by atoms with Crippen molar-refractivity contribution >= 4 is 17.7 Å². The summed E-state index contributed by atoms with van der Waals surface area (Å²) in [6, 6.07) is 10.3. The van der Waals surface area contributed by atoms with Gasteiger partial charge in [0.15, 0.2) is 0 Å². The van der Waals surface area contributed by atoms with E-state index in [0.717, 1.165) is 30.6 Å². The number of hydrogen-bond donors (Lipinski definition) is 0. The van der Waals surface area contributed by atoms with Crippen molar-refractivity contribution in [2.24, 2.45) is 0 Å². The highest BCUT2D eigenvalue weighted by Crippen LogP contribution is 2.34. The first-order valence-corrected chi connectivity index (χ1v) is 9.96. The summed E-state index contributed by atoms with van der Waals surface area (Å²) in [6.45, 7) is 1.84. The fourth-order valence-electron chi connectivity index (χ4n) is 3.51. The fraction of sp³-hybridized carbons (Fsp3) is 0.350. The summed E-state index contributed by atoms with van der Waals surface area (Å²) >= 11 is 1.26. The standard InChI is InChI=1S/C20H21N3O3S/c1-13-15(10-11-25-13)19-21-22-20(26-19)27-12-18(24)23(2)17-9-5-7-14-6-3-4-8-16(14)17/h3-4,6,8,10-11,17H,5,7,9,12H2,1-2H3/t17-/m1/s1. The molecular formula is C20H21N3O3S. The smallest absolute Gasteiger partial charge is 0.277 e. The Labute approximate surface area is 162 Å². The zero-order chi connectivity index (χ0) is 18.8. The molecule has 1 aliphatic rings. The van der Waals surface area contributed by atoms with Crippen molar-refractivity contribution < 1.29 is 13.6 Å². The van der Waals surface area contributed by atoms with Crippen LogP contribution in [0.5, 0.6) is 0 Å². The summed E-state index contributed by atoms with van der Waals surface area (Å²) < 4.78 is 10.9. The van der Waals surface area contributed by atoms with Crippen LogP contribution in [-0.4, -0.2) is 33.8 Å². The zero-order valence-corrected chi connectivity index (χ0v) is 16.2. The second-order valence-corrected chi connectivity index (χ2v) is 7.59. The van der Waals surface area contributed by atoms with Gasteiger partial charge in [0.1, 0.15) is 5.76 Å². The van der Waals surface area contributed by atoms with Crippen LogP contribution in [0.25, 0.3) is 11.5 Å². The SMILES string of the molecule is Cc1occc1-c1nnc(SCC(=O)N(C)[C@@H]2CCCc3ccccc32)o1. The molecule has 0 bridgehead atoms. The second-order valence-electron chi connectivity index (χ2n) is 6.66. The van der Waals surface area contributed by atoms with Gasteiger partial charge in [0, 0.05) is 7.05 Å². The van der Waals surface area contributed by atoms with E-state index in [1.807, 2.05) is 24.9 Å². The van der Waals surface area contributed by atoms with Gasteiger partial charge in [-0.25, -0.2) is 0 Å². The van der Waals surface area contributed by atoms with Crippen molar-refractivity contribution in [1.29, 1.82) is 0 Å². The van der Waals surface area contributed by atoms with Gasteiger partial charge in [-0.3, -0.25) is 4.79 Å². The molecule has 0 saturated carbocycles. The lowest BCUT2D eigenvalue weighted by atomic mass is 9.87. The Morgan fingerprint density at radius 1 is 1.30 bits per heavy atom. The quantitative estimate of drug-likeness (QED) is 0.613. The van der Waals surface area contributed by atoms with Gasteiger partial charge in [-0.2, -0.15) is 0 Å². The minimum Gasteiger partial charge on any atom is -0.469 e. The molecule has 2 heterocycles. The molecule has 0 spiro atoms. The molecule has 0 radical (unpaired) electrons. The molecule has 7 heteroatoms. The topological polar surface area (TPSA) is 72.4 Å². The van der Waals surface area contributed by atoms with Gasteiger partial charge >= 0.3 is 0 Å². The number of carbonyl (C=O) groups excluding carboxylic acids is 1. The average Bonchev–Trinajstić information content (AvgIpc) is 3.33. The molecule has 1 amide bonds. The number of benzene rings is 1. The van der Waals surface area contributed by atoms with Crippen LogP contribution in [0.15, 0.2) is 50.7 Å². The number of amides is 1. The van der Waals surface area contributed by atoms with Crippen LogP contribution in [0.2, 0.25) is 0 Å². The van der Waals surface area contributed by atoms with Crippen molar-refractivity contribution in [3.05, 3.63) is 53.5 Å². The molecule has 0 unspecified atom stereocenters. The third kappa shape index (κ3) is 3.64. The van der Waals surface area contributed by atoms with Gasteiger partial charge in [-0.1, -0.05) is 36.0 Å². The van der Waals surface area contributed by atoms with Gasteiger partial charge in [-0.05, 0) is 43.4 Å². The predicted octanol–water partition coefficient (Wildman–Crippen LogP) is 4.27. The first kappa shape index (κ1) is 17.9. The van der Waals surface area contributed by atoms with Crippen molar-refractivity contribution in [2.45, 2.75) is 37.5 Å².